The number of hydrogen-bond acceptors (Lipinski definition) is 1. The lowest BCUT2D eigenvalue weighted by atomic mass is 9.72. The molecule has 1 N–H and O–H groups in total. The van der Waals surface area contributed by atoms with E-state index in [4.69, 9.17) is 0 Å². The molecule has 0 bridgehead atoms. The summed E-state index contributed by atoms with van der Waals surface area (Å²) in [7, 11) is 0. The monoisotopic (exact) mass is 192 g/mol. The molecule has 0 aliphatic heterocycles. The topological polar surface area (TPSA) is 20.2 Å². The predicted molar refractivity (Wildman–Crippen MR) is 61.1 cm³/mol. The molecule has 0 radical (unpaired) electrons. The summed E-state index contributed by atoms with van der Waals surface area (Å²) in [6.45, 7) is 8.45. The molecule has 1 atom stereocenters. The summed E-state index contributed by atoms with van der Waals surface area (Å²) < 4.78 is 0. The molecule has 1 heteroatoms. The van der Waals surface area contributed by atoms with Gasteiger partial charge < -0.3 is 5.11 Å². The second-order valence-electron chi connectivity index (χ2n) is 4.61. The van der Waals surface area contributed by atoms with Gasteiger partial charge in [0.15, 0.2) is 0 Å². The van der Waals surface area contributed by atoms with E-state index in [-0.39, 0.29) is 11.5 Å². The van der Waals surface area contributed by atoms with Gasteiger partial charge >= 0.3 is 0 Å². The van der Waals surface area contributed by atoms with E-state index in [1.807, 2.05) is 19.1 Å². The number of allylic oxidation sites excluding steroid dienone is 5. The fraction of sp³-hybridized carbons (Fsp3) is 0.538. The van der Waals surface area contributed by atoms with Gasteiger partial charge in [-0.25, -0.2) is 0 Å². The lowest BCUT2D eigenvalue weighted by molar-refractivity contribution is 0.161. The zero-order valence-corrected chi connectivity index (χ0v) is 9.54. The molecule has 0 fully saturated rings. The molecule has 0 amide bonds. The minimum atomic E-state index is -0.284. The highest BCUT2D eigenvalue weighted by atomic mass is 16.3. The smallest absolute Gasteiger partial charge is 0.0734 e. The van der Waals surface area contributed by atoms with Crippen LogP contribution in [0.25, 0.3) is 0 Å². The van der Waals surface area contributed by atoms with Crippen LogP contribution in [0.4, 0.5) is 0 Å². The SMILES string of the molecule is C/C=C/C=C1\C(C)=CC(O)CC1(C)C. The van der Waals surface area contributed by atoms with Gasteiger partial charge in [0.25, 0.3) is 0 Å². The third kappa shape index (κ3) is 2.36. The largest absolute Gasteiger partial charge is 0.389 e. The Labute approximate surface area is 86.8 Å². The summed E-state index contributed by atoms with van der Waals surface area (Å²) in [6.07, 6.45) is 8.72. The second kappa shape index (κ2) is 4.14. The Morgan fingerprint density at radius 1 is 1.50 bits per heavy atom. The first-order chi connectivity index (χ1) is 6.47. The molecular formula is C13H20O. The molecule has 0 spiro atoms. The van der Waals surface area contributed by atoms with Crippen LogP contribution in [0.5, 0.6) is 0 Å². The van der Waals surface area contributed by atoms with Crippen molar-refractivity contribution in [3.8, 4) is 0 Å². The van der Waals surface area contributed by atoms with Crippen molar-refractivity contribution < 1.29 is 5.11 Å². The molecule has 0 aromatic rings. The fourth-order valence-electron chi connectivity index (χ4n) is 2.15. The van der Waals surface area contributed by atoms with Gasteiger partial charge in [-0.1, -0.05) is 38.2 Å². The Balaban J connectivity index is 3.07. The second-order valence-corrected chi connectivity index (χ2v) is 4.61. The zero-order chi connectivity index (χ0) is 10.8. The van der Waals surface area contributed by atoms with E-state index in [1.165, 1.54) is 11.1 Å². The molecule has 0 saturated heterocycles. The number of aliphatic hydroxyl groups excluding tert-OH is 1. The van der Waals surface area contributed by atoms with Crippen molar-refractivity contribution in [2.45, 2.75) is 40.2 Å². The van der Waals surface area contributed by atoms with Crippen LogP contribution in [0, 0.1) is 5.41 Å². The van der Waals surface area contributed by atoms with Crippen LogP contribution in [0.15, 0.2) is 35.5 Å². The maximum absolute atomic E-state index is 9.64. The highest BCUT2D eigenvalue weighted by Gasteiger charge is 2.30. The Morgan fingerprint density at radius 3 is 2.64 bits per heavy atom. The minimum Gasteiger partial charge on any atom is -0.389 e. The van der Waals surface area contributed by atoms with Crippen molar-refractivity contribution in [1.82, 2.24) is 0 Å². The highest BCUT2D eigenvalue weighted by Crippen LogP contribution is 2.40. The lowest BCUT2D eigenvalue weighted by Crippen LogP contribution is -2.26. The number of aliphatic hydroxyl groups is 1. The number of hydrogen-bond donors (Lipinski definition) is 1. The molecule has 1 aliphatic rings. The van der Waals surface area contributed by atoms with Crippen molar-refractivity contribution in [3.05, 3.63) is 35.5 Å². The van der Waals surface area contributed by atoms with E-state index in [9.17, 15) is 5.11 Å². The molecule has 0 saturated carbocycles. The van der Waals surface area contributed by atoms with Gasteiger partial charge in [0.1, 0.15) is 0 Å². The minimum absolute atomic E-state index is 0.0811. The van der Waals surface area contributed by atoms with Gasteiger partial charge in [0.2, 0.25) is 0 Å². The summed E-state index contributed by atoms with van der Waals surface area (Å²) in [6, 6.07) is 0. The predicted octanol–water partition coefficient (Wildman–Crippen LogP) is 3.23. The first kappa shape index (κ1) is 11.3. The quantitative estimate of drug-likeness (QED) is 0.676. The summed E-state index contributed by atoms with van der Waals surface area (Å²) in [5, 5.41) is 9.64. The van der Waals surface area contributed by atoms with Crippen molar-refractivity contribution in [2.75, 3.05) is 0 Å². The van der Waals surface area contributed by atoms with Gasteiger partial charge in [-0.15, -0.1) is 0 Å². The molecular weight excluding hydrogens is 172 g/mol. The van der Waals surface area contributed by atoms with E-state index in [0.717, 1.165) is 6.42 Å². The molecule has 1 unspecified atom stereocenters. The fourth-order valence-corrected chi connectivity index (χ4v) is 2.15. The van der Waals surface area contributed by atoms with E-state index in [1.54, 1.807) is 0 Å². The van der Waals surface area contributed by atoms with Gasteiger partial charge in [-0.2, -0.15) is 0 Å². The molecule has 1 aliphatic carbocycles. The summed E-state index contributed by atoms with van der Waals surface area (Å²) in [5.41, 5.74) is 2.62. The maximum atomic E-state index is 9.64. The summed E-state index contributed by atoms with van der Waals surface area (Å²) in [4.78, 5) is 0. The third-order valence-electron chi connectivity index (χ3n) is 2.77. The van der Waals surface area contributed by atoms with E-state index >= 15 is 0 Å². The molecule has 14 heavy (non-hydrogen) atoms. The van der Waals surface area contributed by atoms with Gasteiger partial charge in [-0.05, 0) is 36.8 Å². The molecule has 1 nitrogen and oxygen atoms in total. The Kier molecular flexibility index (Phi) is 3.33. The van der Waals surface area contributed by atoms with Crippen LogP contribution in [-0.2, 0) is 0 Å². The first-order valence-electron chi connectivity index (χ1n) is 5.17. The standard InChI is InChI=1S/C13H20O/c1-5-6-7-12-10(2)8-11(14)9-13(12,3)4/h5-8,11,14H,9H2,1-4H3/b6-5+,12-7+. The van der Waals surface area contributed by atoms with Gasteiger partial charge in [-0.3, -0.25) is 0 Å². The molecule has 78 valence electrons. The van der Waals surface area contributed by atoms with Crippen LogP contribution >= 0.6 is 0 Å². The van der Waals surface area contributed by atoms with Gasteiger partial charge in [0, 0.05) is 0 Å². The van der Waals surface area contributed by atoms with E-state index in [0.29, 0.717) is 0 Å². The molecule has 0 heterocycles. The van der Waals surface area contributed by atoms with Crippen LogP contribution in [0.1, 0.15) is 34.1 Å². The lowest BCUT2D eigenvalue weighted by Gasteiger charge is -2.34. The summed E-state index contributed by atoms with van der Waals surface area (Å²) >= 11 is 0. The Hall–Kier alpha value is -0.820. The Morgan fingerprint density at radius 2 is 2.14 bits per heavy atom. The van der Waals surface area contributed by atoms with Crippen LogP contribution in [-0.4, -0.2) is 11.2 Å². The van der Waals surface area contributed by atoms with Crippen molar-refractivity contribution in [2.24, 2.45) is 5.41 Å². The third-order valence-corrected chi connectivity index (χ3v) is 2.77. The average Bonchev–Trinajstić information content (AvgIpc) is 2.00. The highest BCUT2D eigenvalue weighted by molar-refractivity contribution is 5.40. The van der Waals surface area contributed by atoms with Crippen LogP contribution in [0.3, 0.4) is 0 Å². The van der Waals surface area contributed by atoms with Gasteiger partial charge in [0.05, 0.1) is 6.10 Å². The molecule has 0 aromatic carbocycles. The molecule has 1 rings (SSSR count). The van der Waals surface area contributed by atoms with E-state index in [2.05, 4.69) is 32.9 Å². The first-order valence-corrected chi connectivity index (χ1v) is 5.17. The van der Waals surface area contributed by atoms with Crippen molar-refractivity contribution in [3.63, 3.8) is 0 Å². The van der Waals surface area contributed by atoms with Crippen molar-refractivity contribution in [1.29, 1.82) is 0 Å². The summed E-state index contributed by atoms with van der Waals surface area (Å²) in [5.74, 6) is 0. The number of rotatable bonds is 1. The van der Waals surface area contributed by atoms with Crippen LogP contribution in [0.2, 0.25) is 0 Å². The van der Waals surface area contributed by atoms with E-state index < -0.39 is 0 Å². The maximum Gasteiger partial charge on any atom is 0.0734 e. The Bertz CT molecular complexity index is 292. The molecule has 0 aromatic heterocycles. The average molecular weight is 192 g/mol. The van der Waals surface area contributed by atoms with Crippen LogP contribution < -0.4 is 0 Å². The normalized spacial score (nSPS) is 29.6. The zero-order valence-electron chi connectivity index (χ0n) is 9.54. The van der Waals surface area contributed by atoms with Crippen molar-refractivity contribution >= 4 is 0 Å².